The van der Waals surface area contributed by atoms with Crippen LogP contribution in [0.15, 0.2) is 60.7 Å². The zero-order valence-corrected chi connectivity index (χ0v) is 13.6. The van der Waals surface area contributed by atoms with Crippen LogP contribution in [-0.4, -0.2) is 17.4 Å². The Hall–Kier alpha value is -2.62. The molecule has 0 radical (unpaired) electrons. The molecule has 2 rings (SSSR count). The van der Waals surface area contributed by atoms with E-state index in [-0.39, 0.29) is 5.91 Å². The quantitative estimate of drug-likeness (QED) is 0.879. The predicted octanol–water partition coefficient (Wildman–Crippen LogP) is 3.50. The summed E-state index contributed by atoms with van der Waals surface area (Å²) in [4.78, 5) is 24.8. The van der Waals surface area contributed by atoms with Crippen LogP contribution in [0.5, 0.6) is 0 Å². The van der Waals surface area contributed by atoms with Gasteiger partial charge in [0.25, 0.3) is 5.91 Å². The average molecular weight is 311 g/mol. The van der Waals surface area contributed by atoms with Crippen LogP contribution in [0.3, 0.4) is 0 Å². The molecular formula is C19H21NO3. The van der Waals surface area contributed by atoms with Gasteiger partial charge in [-0.15, -0.1) is 0 Å². The Morgan fingerprint density at radius 3 is 1.96 bits per heavy atom. The molecule has 1 amide bonds. The van der Waals surface area contributed by atoms with E-state index in [0.29, 0.717) is 11.1 Å². The highest BCUT2D eigenvalue weighted by Crippen LogP contribution is 2.20. The van der Waals surface area contributed by atoms with Crippen LogP contribution in [0, 0.1) is 0 Å². The number of carbonyl (C=O) groups is 2. The van der Waals surface area contributed by atoms with Crippen LogP contribution >= 0.6 is 0 Å². The molecule has 1 N–H and O–H groups in total. The first-order valence-corrected chi connectivity index (χ1v) is 7.50. The molecule has 0 aromatic heterocycles. The van der Waals surface area contributed by atoms with Crippen LogP contribution < -0.4 is 5.32 Å². The molecule has 4 heteroatoms. The molecule has 0 aliphatic carbocycles. The smallest absolute Gasteiger partial charge is 0.339 e. The molecule has 2 aromatic rings. The molecule has 0 aliphatic rings. The Kier molecular flexibility index (Phi) is 5.16. The molecule has 4 nitrogen and oxygen atoms in total. The summed E-state index contributed by atoms with van der Waals surface area (Å²) < 4.78 is 5.48. The lowest BCUT2D eigenvalue weighted by molar-refractivity contribution is -0.131. The van der Waals surface area contributed by atoms with Gasteiger partial charge in [0.1, 0.15) is 0 Å². The molecule has 0 fully saturated rings. The number of carbonyl (C=O) groups excluding carboxylic acids is 2. The Morgan fingerprint density at radius 1 is 0.913 bits per heavy atom. The predicted molar refractivity (Wildman–Crippen MR) is 88.9 cm³/mol. The monoisotopic (exact) mass is 311 g/mol. The number of hydrogen-bond acceptors (Lipinski definition) is 3. The molecule has 0 unspecified atom stereocenters. The van der Waals surface area contributed by atoms with Gasteiger partial charge in [0.05, 0.1) is 5.56 Å². The zero-order chi connectivity index (χ0) is 16.9. The van der Waals surface area contributed by atoms with Gasteiger partial charge in [-0.2, -0.15) is 0 Å². The van der Waals surface area contributed by atoms with Crippen molar-refractivity contribution in [1.82, 2.24) is 5.32 Å². The topological polar surface area (TPSA) is 55.4 Å². The van der Waals surface area contributed by atoms with Crippen molar-refractivity contribution in [2.45, 2.75) is 32.4 Å². The lowest BCUT2D eigenvalue weighted by atomic mass is 10.1. The third-order valence-electron chi connectivity index (χ3n) is 3.07. The van der Waals surface area contributed by atoms with E-state index in [0.717, 1.165) is 0 Å². The summed E-state index contributed by atoms with van der Waals surface area (Å²) in [6.45, 7) is 5.64. The highest BCUT2D eigenvalue weighted by molar-refractivity contribution is 5.92. The Labute approximate surface area is 136 Å². The number of nitrogens with one attached hydrogen (secondary N) is 1. The fourth-order valence-corrected chi connectivity index (χ4v) is 2.09. The number of ether oxygens (including phenoxy) is 1. The average Bonchev–Trinajstić information content (AvgIpc) is 2.52. The second kappa shape index (κ2) is 7.09. The maximum Gasteiger partial charge on any atom is 0.339 e. The van der Waals surface area contributed by atoms with Gasteiger partial charge < -0.3 is 10.1 Å². The Morgan fingerprint density at radius 2 is 1.43 bits per heavy atom. The summed E-state index contributed by atoms with van der Waals surface area (Å²) in [6, 6.07) is 17.6. The number of esters is 1. The summed E-state index contributed by atoms with van der Waals surface area (Å²) in [7, 11) is 0. The van der Waals surface area contributed by atoms with Gasteiger partial charge in [0, 0.05) is 11.1 Å². The lowest BCUT2D eigenvalue weighted by Crippen LogP contribution is -2.44. The van der Waals surface area contributed by atoms with Crippen LogP contribution in [-0.2, 0) is 9.53 Å². The van der Waals surface area contributed by atoms with Gasteiger partial charge in [-0.05, 0) is 32.9 Å². The van der Waals surface area contributed by atoms with E-state index < -0.39 is 17.6 Å². The summed E-state index contributed by atoms with van der Waals surface area (Å²) in [5.74, 6) is -0.864. The van der Waals surface area contributed by atoms with Crippen LogP contribution in [0.2, 0.25) is 0 Å². The first-order chi connectivity index (χ1) is 10.9. The standard InChI is InChI=1S/C19H21NO3/c1-19(2,3)20-17(21)16(14-10-6-4-7-11-14)23-18(22)15-12-8-5-9-13-15/h4-13,16H,1-3H3,(H,20,21)/t16-/m0/s1. The van der Waals surface area contributed by atoms with Gasteiger partial charge in [0.15, 0.2) is 0 Å². The fraction of sp³-hybridized carbons (Fsp3) is 0.263. The van der Waals surface area contributed by atoms with Crippen molar-refractivity contribution >= 4 is 11.9 Å². The molecule has 0 spiro atoms. The van der Waals surface area contributed by atoms with Crippen molar-refractivity contribution in [3.8, 4) is 0 Å². The van der Waals surface area contributed by atoms with Gasteiger partial charge in [0.2, 0.25) is 6.10 Å². The normalized spacial score (nSPS) is 12.3. The molecule has 0 bridgehead atoms. The van der Waals surface area contributed by atoms with Gasteiger partial charge >= 0.3 is 5.97 Å². The van der Waals surface area contributed by atoms with Crippen LogP contribution in [0.4, 0.5) is 0 Å². The first kappa shape index (κ1) is 16.7. The summed E-state index contributed by atoms with van der Waals surface area (Å²) in [5.41, 5.74) is 0.638. The Balaban J connectivity index is 2.24. The first-order valence-electron chi connectivity index (χ1n) is 7.50. The minimum atomic E-state index is -0.983. The van der Waals surface area contributed by atoms with Crippen LogP contribution in [0.1, 0.15) is 42.8 Å². The second-order valence-electron chi connectivity index (χ2n) is 6.30. The van der Waals surface area contributed by atoms with E-state index in [2.05, 4.69) is 5.32 Å². The maximum absolute atomic E-state index is 12.5. The van der Waals surface area contributed by atoms with E-state index in [1.54, 1.807) is 36.4 Å². The maximum atomic E-state index is 12.5. The van der Waals surface area contributed by atoms with Crippen molar-refractivity contribution in [2.75, 3.05) is 0 Å². The molecule has 2 aromatic carbocycles. The molecule has 0 saturated carbocycles. The van der Waals surface area contributed by atoms with Crippen molar-refractivity contribution in [3.05, 3.63) is 71.8 Å². The number of rotatable bonds is 4. The fourth-order valence-electron chi connectivity index (χ4n) is 2.09. The van der Waals surface area contributed by atoms with Gasteiger partial charge in [-0.3, -0.25) is 4.79 Å². The molecule has 23 heavy (non-hydrogen) atoms. The summed E-state index contributed by atoms with van der Waals surface area (Å²) in [5, 5.41) is 2.86. The van der Waals surface area contributed by atoms with Gasteiger partial charge in [-0.1, -0.05) is 48.5 Å². The molecule has 1 atom stereocenters. The van der Waals surface area contributed by atoms with Crippen LogP contribution in [0.25, 0.3) is 0 Å². The van der Waals surface area contributed by atoms with E-state index in [1.165, 1.54) is 0 Å². The van der Waals surface area contributed by atoms with E-state index >= 15 is 0 Å². The largest absolute Gasteiger partial charge is 0.444 e. The number of hydrogen-bond donors (Lipinski definition) is 1. The summed E-state index contributed by atoms with van der Waals surface area (Å²) in [6.07, 6.45) is -0.983. The molecular weight excluding hydrogens is 290 g/mol. The van der Waals surface area contributed by atoms with E-state index in [1.807, 2.05) is 45.0 Å². The number of amides is 1. The van der Waals surface area contributed by atoms with Gasteiger partial charge in [-0.25, -0.2) is 4.79 Å². The highest BCUT2D eigenvalue weighted by Gasteiger charge is 2.28. The lowest BCUT2D eigenvalue weighted by Gasteiger charge is -2.25. The molecule has 0 saturated heterocycles. The number of benzene rings is 2. The third-order valence-corrected chi connectivity index (χ3v) is 3.07. The zero-order valence-electron chi connectivity index (χ0n) is 13.6. The Bertz CT molecular complexity index is 660. The SMILES string of the molecule is CC(C)(C)NC(=O)[C@@H](OC(=O)c1ccccc1)c1ccccc1. The second-order valence-corrected chi connectivity index (χ2v) is 6.30. The van der Waals surface area contributed by atoms with E-state index in [4.69, 9.17) is 4.74 Å². The summed E-state index contributed by atoms with van der Waals surface area (Å²) >= 11 is 0. The van der Waals surface area contributed by atoms with Crippen molar-refractivity contribution in [3.63, 3.8) is 0 Å². The minimum Gasteiger partial charge on any atom is -0.444 e. The molecule has 0 heterocycles. The minimum absolute atomic E-state index is 0.340. The molecule has 120 valence electrons. The van der Waals surface area contributed by atoms with E-state index in [9.17, 15) is 9.59 Å². The van der Waals surface area contributed by atoms with Crippen molar-refractivity contribution in [1.29, 1.82) is 0 Å². The van der Waals surface area contributed by atoms with Crippen molar-refractivity contribution < 1.29 is 14.3 Å². The van der Waals surface area contributed by atoms with Crippen molar-refractivity contribution in [2.24, 2.45) is 0 Å². The molecule has 0 aliphatic heterocycles. The highest BCUT2D eigenvalue weighted by atomic mass is 16.5. The third kappa shape index (κ3) is 4.95.